The molecule has 0 aliphatic carbocycles. The van der Waals surface area contributed by atoms with Gasteiger partial charge in [-0.3, -0.25) is 14.9 Å². The molecule has 1 aromatic rings. The van der Waals surface area contributed by atoms with E-state index >= 15 is 0 Å². The lowest BCUT2D eigenvalue weighted by atomic mass is 10.1. The summed E-state index contributed by atoms with van der Waals surface area (Å²) in [6, 6.07) is 4.71. The molecule has 0 spiro atoms. The Labute approximate surface area is 127 Å². The number of hydrogen-bond donors (Lipinski definition) is 2. The first-order valence-corrected chi connectivity index (χ1v) is 7.99. The van der Waals surface area contributed by atoms with Gasteiger partial charge in [-0.25, -0.2) is 0 Å². The van der Waals surface area contributed by atoms with Crippen LogP contribution in [0.25, 0.3) is 0 Å². The molecule has 6 nitrogen and oxygen atoms in total. The maximum absolute atomic E-state index is 12.0. The van der Waals surface area contributed by atoms with E-state index < -0.39 is 4.92 Å². The Morgan fingerprint density at radius 2 is 2.19 bits per heavy atom. The summed E-state index contributed by atoms with van der Waals surface area (Å²) in [6.07, 6.45) is 2.15. The highest BCUT2D eigenvalue weighted by atomic mass is 32.2. The largest absolute Gasteiger partial charge is 0.325 e. The number of hydrogen-bond acceptors (Lipinski definition) is 5. The first kappa shape index (κ1) is 15.8. The van der Waals surface area contributed by atoms with Crippen molar-refractivity contribution in [1.29, 1.82) is 0 Å². The van der Waals surface area contributed by atoms with Gasteiger partial charge in [-0.1, -0.05) is 6.07 Å². The van der Waals surface area contributed by atoms with Crippen LogP contribution in [0.2, 0.25) is 0 Å². The smallest absolute Gasteiger partial charge is 0.274 e. The van der Waals surface area contributed by atoms with Gasteiger partial charge in [0.1, 0.15) is 0 Å². The molecule has 7 heteroatoms. The van der Waals surface area contributed by atoms with Crippen molar-refractivity contribution < 1.29 is 9.72 Å². The number of benzene rings is 1. The zero-order chi connectivity index (χ0) is 15.2. The molecule has 0 unspecified atom stereocenters. The van der Waals surface area contributed by atoms with E-state index in [0.29, 0.717) is 22.3 Å². The van der Waals surface area contributed by atoms with Crippen LogP contribution in [0.5, 0.6) is 0 Å². The molecule has 2 N–H and O–H groups in total. The average molecular weight is 309 g/mol. The second-order valence-corrected chi connectivity index (χ2v) is 6.30. The summed E-state index contributed by atoms with van der Waals surface area (Å²) in [5.74, 6) is 0.273. The summed E-state index contributed by atoms with van der Waals surface area (Å²) in [7, 11) is 0. The summed E-state index contributed by atoms with van der Waals surface area (Å²) in [6.45, 7) is 3.65. The zero-order valence-corrected chi connectivity index (χ0v) is 12.7. The number of nitrogens with zero attached hydrogens (tertiary/aromatic N) is 1. The van der Waals surface area contributed by atoms with Crippen molar-refractivity contribution in [2.45, 2.75) is 25.0 Å². The van der Waals surface area contributed by atoms with Crippen molar-refractivity contribution in [2.24, 2.45) is 0 Å². The summed E-state index contributed by atoms with van der Waals surface area (Å²) in [4.78, 5) is 22.4. The molecule has 1 aromatic carbocycles. The van der Waals surface area contributed by atoms with E-state index in [1.165, 1.54) is 6.07 Å². The van der Waals surface area contributed by atoms with E-state index in [2.05, 4.69) is 10.6 Å². The van der Waals surface area contributed by atoms with Crippen LogP contribution in [0, 0.1) is 17.0 Å². The molecule has 0 saturated carbocycles. The van der Waals surface area contributed by atoms with Crippen LogP contribution in [0.1, 0.15) is 18.4 Å². The van der Waals surface area contributed by atoms with Gasteiger partial charge >= 0.3 is 0 Å². The fraction of sp³-hybridized carbons (Fsp3) is 0.500. The number of amides is 1. The molecular formula is C14H19N3O3S. The summed E-state index contributed by atoms with van der Waals surface area (Å²) in [5.41, 5.74) is 1.03. The number of carbonyl (C=O) groups is 1. The van der Waals surface area contributed by atoms with E-state index in [0.717, 1.165) is 25.9 Å². The second kappa shape index (κ2) is 7.42. The topological polar surface area (TPSA) is 84.3 Å². The van der Waals surface area contributed by atoms with Crippen LogP contribution in [0.4, 0.5) is 11.4 Å². The normalized spacial score (nSPS) is 15.7. The molecule has 0 aromatic heterocycles. The van der Waals surface area contributed by atoms with Crippen molar-refractivity contribution in [3.63, 3.8) is 0 Å². The minimum Gasteiger partial charge on any atom is -0.325 e. The number of nitrogens with one attached hydrogen (secondary N) is 2. The van der Waals surface area contributed by atoms with Gasteiger partial charge in [-0.15, -0.1) is 11.8 Å². The van der Waals surface area contributed by atoms with Gasteiger partial charge in [-0.05, 0) is 38.9 Å². The molecule has 1 heterocycles. The fourth-order valence-corrected chi connectivity index (χ4v) is 3.33. The van der Waals surface area contributed by atoms with Crippen molar-refractivity contribution in [3.8, 4) is 0 Å². The Kier molecular flexibility index (Phi) is 5.58. The Bertz CT molecular complexity index is 530. The van der Waals surface area contributed by atoms with E-state index in [1.807, 2.05) is 0 Å². The third kappa shape index (κ3) is 4.44. The van der Waals surface area contributed by atoms with E-state index in [9.17, 15) is 14.9 Å². The Balaban J connectivity index is 1.90. The SMILES string of the molecule is Cc1c(NC(=O)CSC2CCNCC2)cccc1[N+](=O)[O-]. The fourth-order valence-electron chi connectivity index (χ4n) is 2.30. The van der Waals surface area contributed by atoms with E-state index in [1.54, 1.807) is 30.8 Å². The second-order valence-electron chi connectivity index (χ2n) is 5.02. The highest BCUT2D eigenvalue weighted by Gasteiger charge is 2.17. The van der Waals surface area contributed by atoms with Crippen molar-refractivity contribution >= 4 is 29.0 Å². The minimum absolute atomic E-state index is 0.0267. The number of thioether (sulfide) groups is 1. The summed E-state index contributed by atoms with van der Waals surface area (Å²) >= 11 is 1.66. The zero-order valence-electron chi connectivity index (χ0n) is 11.9. The minimum atomic E-state index is -0.436. The number of rotatable bonds is 5. The van der Waals surface area contributed by atoms with Crippen LogP contribution < -0.4 is 10.6 Å². The number of anilines is 1. The van der Waals surface area contributed by atoms with Crippen LogP contribution in [0.3, 0.4) is 0 Å². The number of piperidine rings is 1. The molecule has 1 saturated heterocycles. The highest BCUT2D eigenvalue weighted by molar-refractivity contribution is 8.00. The standard InChI is InChI=1S/C14H19N3O3S/c1-10-12(3-2-4-13(10)17(19)20)16-14(18)9-21-11-5-7-15-8-6-11/h2-4,11,15H,5-9H2,1H3,(H,16,18). The van der Waals surface area contributed by atoms with Crippen molar-refractivity contribution in [3.05, 3.63) is 33.9 Å². The first-order valence-electron chi connectivity index (χ1n) is 6.94. The third-order valence-electron chi connectivity index (χ3n) is 3.51. The van der Waals surface area contributed by atoms with Crippen LogP contribution in [-0.2, 0) is 4.79 Å². The Hall–Kier alpha value is -1.60. The first-order chi connectivity index (χ1) is 10.1. The van der Waals surface area contributed by atoms with E-state index in [-0.39, 0.29) is 11.6 Å². The molecular weight excluding hydrogens is 290 g/mol. The van der Waals surface area contributed by atoms with Gasteiger partial charge in [0.05, 0.1) is 21.9 Å². The molecule has 0 atom stereocenters. The molecule has 1 amide bonds. The number of carbonyl (C=O) groups excluding carboxylic acids is 1. The lowest BCUT2D eigenvalue weighted by molar-refractivity contribution is -0.385. The number of nitro groups is 1. The molecule has 114 valence electrons. The third-order valence-corrected chi connectivity index (χ3v) is 4.88. The maximum Gasteiger partial charge on any atom is 0.274 e. The molecule has 2 rings (SSSR count). The summed E-state index contributed by atoms with van der Waals surface area (Å²) in [5, 5.41) is 17.4. The highest BCUT2D eigenvalue weighted by Crippen LogP contribution is 2.26. The average Bonchev–Trinajstić information content (AvgIpc) is 2.48. The quantitative estimate of drug-likeness (QED) is 0.644. The van der Waals surface area contributed by atoms with Crippen molar-refractivity contribution in [2.75, 3.05) is 24.2 Å². The Morgan fingerprint density at radius 3 is 2.86 bits per heavy atom. The molecule has 21 heavy (non-hydrogen) atoms. The van der Waals surface area contributed by atoms with Gasteiger partial charge in [0, 0.05) is 11.3 Å². The van der Waals surface area contributed by atoms with E-state index in [4.69, 9.17) is 0 Å². The van der Waals surface area contributed by atoms with Gasteiger partial charge in [0.2, 0.25) is 5.91 Å². The lowest BCUT2D eigenvalue weighted by Crippen LogP contribution is -2.30. The van der Waals surface area contributed by atoms with Gasteiger partial charge in [0.15, 0.2) is 0 Å². The maximum atomic E-state index is 12.0. The predicted octanol–water partition coefficient (Wildman–Crippen LogP) is 2.33. The molecule has 0 radical (unpaired) electrons. The van der Waals surface area contributed by atoms with Crippen molar-refractivity contribution in [1.82, 2.24) is 5.32 Å². The van der Waals surface area contributed by atoms with Crippen LogP contribution in [-0.4, -0.2) is 34.9 Å². The monoisotopic (exact) mass is 309 g/mol. The predicted molar refractivity (Wildman–Crippen MR) is 84.8 cm³/mol. The molecule has 1 aliphatic heterocycles. The van der Waals surface area contributed by atoms with Gasteiger partial charge in [0.25, 0.3) is 5.69 Å². The number of nitro benzene ring substituents is 1. The van der Waals surface area contributed by atoms with Crippen LogP contribution >= 0.6 is 11.8 Å². The van der Waals surface area contributed by atoms with Gasteiger partial charge in [-0.2, -0.15) is 0 Å². The lowest BCUT2D eigenvalue weighted by Gasteiger charge is -2.21. The summed E-state index contributed by atoms with van der Waals surface area (Å²) < 4.78 is 0. The Morgan fingerprint density at radius 1 is 1.48 bits per heavy atom. The van der Waals surface area contributed by atoms with Crippen LogP contribution in [0.15, 0.2) is 18.2 Å². The molecule has 1 fully saturated rings. The molecule has 0 bridgehead atoms. The van der Waals surface area contributed by atoms with Gasteiger partial charge < -0.3 is 10.6 Å². The molecule has 1 aliphatic rings.